The Morgan fingerprint density at radius 1 is 1.50 bits per heavy atom. The van der Waals surface area contributed by atoms with Crippen molar-refractivity contribution < 1.29 is 30.9 Å². The first-order valence-electron chi connectivity index (χ1n) is 4.52. The molecule has 8 heteroatoms. The summed E-state index contributed by atoms with van der Waals surface area (Å²) < 4.78 is 61.5. The molecule has 0 spiro atoms. The van der Waals surface area contributed by atoms with Crippen LogP contribution in [0.5, 0.6) is 0 Å². The second kappa shape index (κ2) is 4.25. The molecule has 0 heterocycles. The predicted molar refractivity (Wildman–Crippen MR) is 48.6 cm³/mol. The van der Waals surface area contributed by atoms with E-state index in [0.717, 1.165) is 0 Å². The minimum Gasteiger partial charge on any atom is -0.392 e. The highest BCUT2D eigenvalue weighted by molar-refractivity contribution is 7.87. The molecule has 0 radical (unpaired) electrons. The largest absolute Gasteiger partial charge is 0.534 e. The van der Waals surface area contributed by atoms with Gasteiger partial charge in [-0.1, -0.05) is 6.92 Å². The minimum absolute atomic E-state index is 0.0897. The first-order valence-corrected chi connectivity index (χ1v) is 5.93. The molecule has 1 aliphatic rings. The molecule has 1 rings (SSSR count). The second-order valence-corrected chi connectivity index (χ2v) is 5.07. The molecule has 1 unspecified atom stereocenters. The average molecular weight is 260 g/mol. The molecule has 0 saturated carbocycles. The van der Waals surface area contributed by atoms with Crippen molar-refractivity contribution in [1.82, 2.24) is 0 Å². The summed E-state index contributed by atoms with van der Waals surface area (Å²) in [5.74, 6) is -0.448. The van der Waals surface area contributed by atoms with E-state index in [1.165, 1.54) is 0 Å². The topological polar surface area (TPSA) is 63.6 Å². The Balaban J connectivity index is 2.95. The van der Waals surface area contributed by atoms with E-state index in [0.29, 0.717) is 6.42 Å². The van der Waals surface area contributed by atoms with Gasteiger partial charge in [-0.2, -0.15) is 21.6 Å². The molecule has 0 aliphatic heterocycles. The van der Waals surface area contributed by atoms with Gasteiger partial charge in [0.15, 0.2) is 0 Å². The van der Waals surface area contributed by atoms with Crippen molar-refractivity contribution in [2.75, 3.05) is 6.61 Å². The molecule has 1 aliphatic carbocycles. The maximum absolute atomic E-state index is 12.0. The molecular weight excluding hydrogens is 249 g/mol. The summed E-state index contributed by atoms with van der Waals surface area (Å²) in [5.41, 5.74) is -5.22. The van der Waals surface area contributed by atoms with Gasteiger partial charge in [-0.05, 0) is 17.9 Å². The van der Waals surface area contributed by atoms with Crippen LogP contribution in [0, 0.1) is 5.92 Å². The van der Waals surface area contributed by atoms with E-state index in [1.54, 1.807) is 6.92 Å². The minimum atomic E-state index is -5.62. The molecular formula is C8H11F3O4S. The quantitative estimate of drug-likeness (QED) is 0.617. The first-order chi connectivity index (χ1) is 7.19. The van der Waals surface area contributed by atoms with Crippen molar-refractivity contribution in [3.05, 3.63) is 11.3 Å². The van der Waals surface area contributed by atoms with Crippen LogP contribution in [-0.2, 0) is 14.3 Å². The second-order valence-electron chi connectivity index (χ2n) is 3.53. The Hall–Kier alpha value is -0.760. The molecule has 0 aromatic carbocycles. The third-order valence-electron chi connectivity index (χ3n) is 2.42. The summed E-state index contributed by atoms with van der Waals surface area (Å²) in [6.07, 6.45) is 0.560. The van der Waals surface area contributed by atoms with Crippen molar-refractivity contribution in [3.8, 4) is 0 Å². The van der Waals surface area contributed by atoms with Gasteiger partial charge in [0.05, 0.1) is 6.61 Å². The fourth-order valence-corrected chi connectivity index (χ4v) is 2.03. The van der Waals surface area contributed by atoms with Gasteiger partial charge in [0, 0.05) is 6.42 Å². The van der Waals surface area contributed by atoms with Crippen LogP contribution < -0.4 is 0 Å². The Kier molecular flexibility index (Phi) is 3.53. The van der Waals surface area contributed by atoms with Crippen LogP contribution in [0.25, 0.3) is 0 Å². The van der Waals surface area contributed by atoms with Gasteiger partial charge in [0.1, 0.15) is 5.76 Å². The third kappa shape index (κ3) is 2.49. The number of alkyl halides is 3. The first kappa shape index (κ1) is 13.3. The molecule has 1 N–H and O–H groups in total. The molecule has 1 atom stereocenters. The van der Waals surface area contributed by atoms with E-state index in [9.17, 15) is 21.6 Å². The van der Waals surface area contributed by atoms with Gasteiger partial charge >= 0.3 is 15.6 Å². The summed E-state index contributed by atoms with van der Waals surface area (Å²) in [4.78, 5) is 0. The van der Waals surface area contributed by atoms with Crippen molar-refractivity contribution in [1.29, 1.82) is 0 Å². The van der Waals surface area contributed by atoms with Crippen molar-refractivity contribution in [2.24, 2.45) is 5.92 Å². The number of halogens is 3. The molecule has 0 fully saturated rings. The van der Waals surface area contributed by atoms with Gasteiger partial charge < -0.3 is 9.29 Å². The number of rotatable bonds is 3. The number of aliphatic hydroxyl groups is 1. The van der Waals surface area contributed by atoms with Crippen LogP contribution >= 0.6 is 0 Å². The maximum atomic E-state index is 12.0. The molecule has 0 aromatic heterocycles. The summed E-state index contributed by atoms with van der Waals surface area (Å²) >= 11 is 0. The fourth-order valence-electron chi connectivity index (χ4n) is 1.48. The number of aliphatic hydroxyl groups excluding tert-OH is 1. The van der Waals surface area contributed by atoms with Gasteiger partial charge in [0.2, 0.25) is 0 Å². The number of hydrogen-bond donors (Lipinski definition) is 1. The fraction of sp³-hybridized carbons (Fsp3) is 0.750. The molecule has 0 amide bonds. The van der Waals surface area contributed by atoms with Crippen molar-refractivity contribution in [2.45, 2.75) is 25.3 Å². The highest BCUT2D eigenvalue weighted by Gasteiger charge is 2.49. The molecule has 0 aromatic rings. The zero-order chi connectivity index (χ0) is 12.6. The SMILES string of the molecule is CC1CCC(OS(=O)(=O)C(F)(F)F)=C1CO. The summed E-state index contributed by atoms with van der Waals surface area (Å²) in [5, 5.41) is 8.89. The average Bonchev–Trinajstić information content (AvgIpc) is 2.44. The Morgan fingerprint density at radius 2 is 2.06 bits per heavy atom. The molecule has 4 nitrogen and oxygen atoms in total. The number of hydrogen-bond acceptors (Lipinski definition) is 4. The summed E-state index contributed by atoms with van der Waals surface area (Å²) in [7, 11) is -5.62. The zero-order valence-corrected chi connectivity index (χ0v) is 9.23. The zero-order valence-electron chi connectivity index (χ0n) is 8.41. The lowest BCUT2D eigenvalue weighted by Gasteiger charge is -2.11. The van der Waals surface area contributed by atoms with Crippen LogP contribution in [0.1, 0.15) is 19.8 Å². The molecule has 0 bridgehead atoms. The van der Waals surface area contributed by atoms with E-state index in [2.05, 4.69) is 4.18 Å². The third-order valence-corrected chi connectivity index (χ3v) is 3.41. The van der Waals surface area contributed by atoms with Gasteiger partial charge in [-0.25, -0.2) is 0 Å². The Bertz CT molecular complexity index is 396. The standard InChI is InChI=1S/C8H11F3O4S/c1-5-2-3-7(6(5)4-12)15-16(13,14)8(9,10)11/h5,12H,2-4H2,1H3. The van der Waals surface area contributed by atoms with E-state index in [-0.39, 0.29) is 23.7 Å². The van der Waals surface area contributed by atoms with Gasteiger partial charge in [-0.15, -0.1) is 0 Å². The monoisotopic (exact) mass is 260 g/mol. The van der Waals surface area contributed by atoms with Gasteiger partial charge in [-0.3, -0.25) is 0 Å². The highest BCUT2D eigenvalue weighted by Crippen LogP contribution is 2.36. The summed E-state index contributed by atoms with van der Waals surface area (Å²) in [6, 6.07) is 0. The van der Waals surface area contributed by atoms with Gasteiger partial charge in [0.25, 0.3) is 0 Å². The van der Waals surface area contributed by atoms with E-state index in [4.69, 9.17) is 5.11 Å². The Morgan fingerprint density at radius 3 is 2.50 bits per heavy atom. The normalized spacial score (nSPS) is 22.7. The lowest BCUT2D eigenvalue weighted by atomic mass is 10.1. The van der Waals surface area contributed by atoms with E-state index in [1.807, 2.05) is 0 Å². The lowest BCUT2D eigenvalue weighted by Crippen LogP contribution is -2.25. The smallest absolute Gasteiger partial charge is 0.392 e. The van der Waals surface area contributed by atoms with E-state index >= 15 is 0 Å². The molecule has 0 saturated heterocycles. The van der Waals surface area contributed by atoms with Crippen molar-refractivity contribution in [3.63, 3.8) is 0 Å². The van der Waals surface area contributed by atoms with E-state index < -0.39 is 22.2 Å². The van der Waals surface area contributed by atoms with Crippen LogP contribution in [0.15, 0.2) is 11.3 Å². The highest BCUT2D eigenvalue weighted by atomic mass is 32.2. The van der Waals surface area contributed by atoms with Crippen LogP contribution in [0.2, 0.25) is 0 Å². The summed E-state index contributed by atoms with van der Waals surface area (Å²) in [6.45, 7) is 1.19. The predicted octanol–water partition coefficient (Wildman–Crippen LogP) is 1.53. The molecule has 16 heavy (non-hydrogen) atoms. The van der Waals surface area contributed by atoms with Crippen LogP contribution in [0.3, 0.4) is 0 Å². The number of allylic oxidation sites excluding steroid dienone is 1. The molecule has 94 valence electrons. The maximum Gasteiger partial charge on any atom is 0.534 e. The van der Waals surface area contributed by atoms with Crippen molar-refractivity contribution >= 4 is 10.1 Å². The van der Waals surface area contributed by atoms with Crippen LogP contribution in [-0.4, -0.2) is 25.6 Å². The Labute approximate surface area is 90.8 Å². The van der Waals surface area contributed by atoms with Crippen LogP contribution in [0.4, 0.5) is 13.2 Å². The lowest BCUT2D eigenvalue weighted by molar-refractivity contribution is -0.0523.